The number of aliphatic hydroxyl groups excluding tert-OH is 1. The molecule has 4 atom stereocenters. The number of nitrogens with zero attached hydrogens (tertiary/aromatic N) is 5. The van der Waals surface area contributed by atoms with Gasteiger partial charge in [-0.1, -0.05) is 32.3 Å². The molecule has 4 unspecified atom stereocenters. The molecule has 0 radical (unpaired) electrons. The zero-order valence-electron chi connectivity index (χ0n) is 27.2. The van der Waals surface area contributed by atoms with E-state index in [2.05, 4.69) is 30.7 Å². The number of benzene rings is 2. The van der Waals surface area contributed by atoms with E-state index >= 15 is 4.39 Å². The van der Waals surface area contributed by atoms with Gasteiger partial charge < -0.3 is 25.6 Å². The Morgan fingerprint density at radius 1 is 1.06 bits per heavy atom. The highest BCUT2D eigenvalue weighted by molar-refractivity contribution is 6.03. The van der Waals surface area contributed by atoms with Gasteiger partial charge in [0.25, 0.3) is 0 Å². The van der Waals surface area contributed by atoms with Crippen molar-refractivity contribution in [3.8, 4) is 29.6 Å². The van der Waals surface area contributed by atoms with Gasteiger partial charge in [-0.2, -0.15) is 9.97 Å². The van der Waals surface area contributed by atoms with Crippen LogP contribution in [0.15, 0.2) is 30.5 Å². The van der Waals surface area contributed by atoms with Crippen molar-refractivity contribution in [1.29, 1.82) is 0 Å². The van der Waals surface area contributed by atoms with Crippen molar-refractivity contribution in [3.05, 3.63) is 47.7 Å². The second kappa shape index (κ2) is 14.1. The zero-order valence-corrected chi connectivity index (χ0v) is 27.2. The first-order valence-corrected chi connectivity index (χ1v) is 16.7. The number of halogens is 3. The standard InChI is InChI=1S/C27H23F2N5O3.C7H12FN.C2H6/c1-2-16-19(28)7-6-14-9-15(30)11-17(21(14)16)23-22(29)24-18(12-31-23)25(33-26(32-24)37-27(35)36)34-8-4-3-5-13-10-20(13)34;8-6-4-7-2-1-3-9(7)5-6;1-2/h1,6-7,9,11-13,20,27,35-36H,3-5,8,10,30H2;6-7H,1-5H2;1-2H3. The lowest BCUT2D eigenvalue weighted by molar-refractivity contribution is -0.183. The van der Waals surface area contributed by atoms with E-state index in [1.807, 2.05) is 13.8 Å². The average molecular weight is 663 g/mol. The van der Waals surface area contributed by atoms with E-state index in [9.17, 15) is 19.0 Å². The minimum Gasteiger partial charge on any atom is -0.408 e. The molecule has 254 valence electrons. The number of aromatic nitrogens is 3. The number of nitrogens with two attached hydrogens (primary N) is 1. The maximum absolute atomic E-state index is 16.3. The van der Waals surface area contributed by atoms with Crippen molar-refractivity contribution in [1.82, 2.24) is 19.9 Å². The molecule has 8 rings (SSSR count). The molecule has 1 aliphatic carbocycles. The van der Waals surface area contributed by atoms with Crippen LogP contribution in [0.5, 0.6) is 6.01 Å². The Kier molecular flexibility index (Phi) is 9.92. The van der Waals surface area contributed by atoms with Gasteiger partial charge in [0.1, 0.15) is 29.0 Å². The second-order valence-electron chi connectivity index (χ2n) is 12.6. The fourth-order valence-corrected chi connectivity index (χ4v) is 7.43. The summed E-state index contributed by atoms with van der Waals surface area (Å²) in [6.07, 6.45) is 14.0. The van der Waals surface area contributed by atoms with Gasteiger partial charge in [0.15, 0.2) is 5.82 Å². The summed E-state index contributed by atoms with van der Waals surface area (Å²) >= 11 is 0. The number of nitrogen functional groups attached to an aromatic ring is 1. The highest BCUT2D eigenvalue weighted by atomic mass is 19.1. The third-order valence-electron chi connectivity index (χ3n) is 9.58. The molecule has 4 aromatic rings. The Bertz CT molecular complexity index is 1840. The summed E-state index contributed by atoms with van der Waals surface area (Å²) in [4.78, 5) is 17.3. The lowest BCUT2D eigenvalue weighted by Crippen LogP contribution is -2.29. The van der Waals surface area contributed by atoms with Gasteiger partial charge >= 0.3 is 12.5 Å². The number of fused-ring (bicyclic) bond motifs is 4. The van der Waals surface area contributed by atoms with Crippen LogP contribution in [-0.4, -0.2) is 74.4 Å². The Balaban J connectivity index is 0.000000310. The molecule has 9 nitrogen and oxygen atoms in total. The molecule has 4 aliphatic rings. The normalized spacial score (nSPS) is 23.0. The summed E-state index contributed by atoms with van der Waals surface area (Å²) in [5, 5.41) is 20.0. The first-order chi connectivity index (χ1) is 23.2. The number of alkyl halides is 1. The van der Waals surface area contributed by atoms with Crippen LogP contribution in [0.25, 0.3) is 32.9 Å². The molecular weight excluding hydrogens is 621 g/mol. The van der Waals surface area contributed by atoms with Crippen molar-refractivity contribution >= 4 is 33.2 Å². The van der Waals surface area contributed by atoms with Crippen LogP contribution in [0.3, 0.4) is 0 Å². The average Bonchev–Trinajstić information content (AvgIpc) is 3.62. The van der Waals surface area contributed by atoms with Crippen LogP contribution < -0.4 is 15.4 Å². The molecule has 4 fully saturated rings. The predicted molar refractivity (Wildman–Crippen MR) is 180 cm³/mol. The maximum Gasteiger partial charge on any atom is 0.323 e. The Morgan fingerprint density at radius 3 is 2.62 bits per heavy atom. The van der Waals surface area contributed by atoms with Gasteiger partial charge in [-0.3, -0.25) is 9.88 Å². The highest BCUT2D eigenvalue weighted by Crippen LogP contribution is 2.46. The summed E-state index contributed by atoms with van der Waals surface area (Å²) in [6, 6.07) is 6.35. The van der Waals surface area contributed by atoms with E-state index in [4.69, 9.17) is 16.9 Å². The van der Waals surface area contributed by atoms with Crippen LogP contribution in [-0.2, 0) is 0 Å². The van der Waals surface area contributed by atoms with Crippen LogP contribution >= 0.6 is 0 Å². The minimum atomic E-state index is -2.19. The van der Waals surface area contributed by atoms with Gasteiger partial charge in [0.2, 0.25) is 0 Å². The summed E-state index contributed by atoms with van der Waals surface area (Å²) in [7, 11) is 0. The molecule has 0 spiro atoms. The number of rotatable bonds is 4. The molecule has 3 aliphatic heterocycles. The monoisotopic (exact) mass is 662 g/mol. The van der Waals surface area contributed by atoms with E-state index in [1.54, 1.807) is 6.07 Å². The lowest BCUT2D eigenvalue weighted by Gasteiger charge is -2.24. The third-order valence-corrected chi connectivity index (χ3v) is 9.58. The largest absolute Gasteiger partial charge is 0.408 e. The van der Waals surface area contributed by atoms with Gasteiger partial charge in [0, 0.05) is 48.0 Å². The number of hydrogen-bond acceptors (Lipinski definition) is 9. The molecule has 2 aromatic carbocycles. The third kappa shape index (κ3) is 6.59. The lowest BCUT2D eigenvalue weighted by atomic mass is 9.95. The first-order valence-electron chi connectivity index (χ1n) is 16.7. The number of terminal acetylenes is 1. The first kappa shape index (κ1) is 33.7. The van der Waals surface area contributed by atoms with Gasteiger partial charge in [0.05, 0.1) is 10.9 Å². The van der Waals surface area contributed by atoms with Crippen LogP contribution in [0, 0.1) is 29.9 Å². The Morgan fingerprint density at radius 2 is 1.88 bits per heavy atom. The molecule has 0 amide bonds. The van der Waals surface area contributed by atoms with Crippen molar-refractivity contribution in [2.24, 2.45) is 5.92 Å². The van der Waals surface area contributed by atoms with E-state index < -0.39 is 24.3 Å². The number of aliphatic hydroxyl groups is 2. The molecule has 5 heterocycles. The maximum atomic E-state index is 16.3. The van der Waals surface area contributed by atoms with Gasteiger partial charge in [-0.15, -0.1) is 6.42 Å². The molecule has 0 bridgehead atoms. The number of pyridine rings is 1. The smallest absolute Gasteiger partial charge is 0.323 e. The van der Waals surface area contributed by atoms with E-state index in [-0.39, 0.29) is 34.4 Å². The number of ether oxygens (including phenoxy) is 1. The zero-order chi connectivity index (χ0) is 34.1. The van der Waals surface area contributed by atoms with Crippen LogP contribution in [0.4, 0.5) is 24.7 Å². The molecule has 3 saturated heterocycles. The highest BCUT2D eigenvalue weighted by Gasteiger charge is 2.44. The Hall–Kier alpha value is -4.18. The predicted octanol–water partition coefficient (Wildman–Crippen LogP) is 5.93. The van der Waals surface area contributed by atoms with Gasteiger partial charge in [-0.05, 0) is 74.6 Å². The van der Waals surface area contributed by atoms with E-state index in [0.717, 1.165) is 38.6 Å². The Labute approximate surface area is 277 Å². The minimum absolute atomic E-state index is 0.0334. The second-order valence-corrected chi connectivity index (χ2v) is 12.6. The van der Waals surface area contributed by atoms with Crippen molar-refractivity contribution < 1.29 is 28.1 Å². The SMILES string of the molecule is C#Cc1c(F)ccc2cc(N)cc(-c3ncc4c(N5CCCCC6CC65)nc(OC(O)O)nc4c3F)c12.CC.FC1CC2CCCN2C1. The summed E-state index contributed by atoms with van der Waals surface area (Å²) in [6.45, 7) is 4.38. The molecule has 12 heteroatoms. The van der Waals surface area contributed by atoms with Crippen LogP contribution in [0.1, 0.15) is 64.4 Å². The van der Waals surface area contributed by atoms with E-state index in [0.29, 0.717) is 52.7 Å². The summed E-state index contributed by atoms with van der Waals surface area (Å²) < 4.78 is 48.4. The fraction of sp³-hybridized carbons (Fsp3) is 0.472. The topological polar surface area (TPSA) is 121 Å². The van der Waals surface area contributed by atoms with Crippen molar-refractivity contribution in [2.45, 2.75) is 83.5 Å². The summed E-state index contributed by atoms with van der Waals surface area (Å²) in [5.41, 5.74) is 6.33. The molecule has 1 saturated carbocycles. The quantitative estimate of drug-likeness (QED) is 0.139. The number of anilines is 2. The molecule has 48 heavy (non-hydrogen) atoms. The molecule has 4 N–H and O–H groups in total. The van der Waals surface area contributed by atoms with Crippen molar-refractivity contribution in [3.63, 3.8) is 0 Å². The van der Waals surface area contributed by atoms with Gasteiger partial charge in [-0.25, -0.2) is 13.2 Å². The van der Waals surface area contributed by atoms with Crippen LogP contribution in [0.2, 0.25) is 0 Å². The molecular formula is C36H41F3N6O3. The number of hydrogen-bond donors (Lipinski definition) is 3. The van der Waals surface area contributed by atoms with Crippen molar-refractivity contribution in [2.75, 3.05) is 30.3 Å². The fourth-order valence-electron chi connectivity index (χ4n) is 7.43. The summed E-state index contributed by atoms with van der Waals surface area (Å²) in [5.74, 6) is 1.86. The van der Waals surface area contributed by atoms with E-state index in [1.165, 1.54) is 37.2 Å². The molecule has 2 aromatic heterocycles.